The lowest BCUT2D eigenvalue weighted by atomic mass is 10.1. The van der Waals surface area contributed by atoms with Crippen LogP contribution in [-0.2, 0) is 6.54 Å². The lowest BCUT2D eigenvalue weighted by Crippen LogP contribution is -2.03. The molecule has 110 valence electrons. The van der Waals surface area contributed by atoms with Crippen molar-refractivity contribution in [3.05, 3.63) is 61.9 Å². The normalized spacial score (nSPS) is 10.5. The first-order valence-electron chi connectivity index (χ1n) is 6.04. The van der Waals surface area contributed by atoms with Crippen LogP contribution in [0.15, 0.2) is 34.8 Å². The summed E-state index contributed by atoms with van der Waals surface area (Å²) >= 11 is 3.19. The molecule has 21 heavy (non-hydrogen) atoms. The summed E-state index contributed by atoms with van der Waals surface area (Å²) < 4.78 is 19.9. The minimum absolute atomic E-state index is 0.00278. The molecule has 0 heterocycles. The Balaban J connectivity index is 2.57. The number of ether oxygens (including phenoxy) is 1. The molecule has 2 aromatic rings. The van der Waals surface area contributed by atoms with Gasteiger partial charge in [-0.2, -0.15) is 0 Å². The van der Waals surface area contributed by atoms with Gasteiger partial charge in [0.25, 0.3) is 0 Å². The summed E-state index contributed by atoms with van der Waals surface area (Å²) in [6.45, 7) is 1.71. The van der Waals surface area contributed by atoms with Gasteiger partial charge in [0.15, 0.2) is 11.6 Å². The zero-order valence-corrected chi connectivity index (χ0v) is 12.7. The Bertz CT molecular complexity index is 707. The molecule has 0 aliphatic carbocycles. The lowest BCUT2D eigenvalue weighted by Gasteiger charge is -2.13. The van der Waals surface area contributed by atoms with Crippen LogP contribution in [0.25, 0.3) is 0 Å². The second kappa shape index (κ2) is 6.19. The molecule has 0 atom stereocenters. The molecule has 0 radical (unpaired) electrons. The maximum absolute atomic E-state index is 13.9. The highest BCUT2D eigenvalue weighted by Gasteiger charge is 2.22. The van der Waals surface area contributed by atoms with Crippen molar-refractivity contribution in [1.29, 1.82) is 0 Å². The highest BCUT2D eigenvalue weighted by molar-refractivity contribution is 9.10. The monoisotopic (exact) mass is 354 g/mol. The van der Waals surface area contributed by atoms with Crippen molar-refractivity contribution in [3.8, 4) is 11.5 Å². The molecule has 0 saturated heterocycles. The Morgan fingerprint density at radius 3 is 2.71 bits per heavy atom. The van der Waals surface area contributed by atoms with Gasteiger partial charge in [0.1, 0.15) is 0 Å². The topological polar surface area (TPSA) is 78.4 Å². The van der Waals surface area contributed by atoms with Gasteiger partial charge in [-0.05, 0) is 24.6 Å². The third-order valence-electron chi connectivity index (χ3n) is 2.89. The summed E-state index contributed by atoms with van der Waals surface area (Å²) in [6.07, 6.45) is 0. The van der Waals surface area contributed by atoms with Crippen LogP contribution in [0.4, 0.5) is 10.1 Å². The predicted molar refractivity (Wildman–Crippen MR) is 79.9 cm³/mol. The van der Waals surface area contributed by atoms with Crippen molar-refractivity contribution in [2.75, 3.05) is 0 Å². The number of nitro benzene ring substituents is 1. The van der Waals surface area contributed by atoms with Crippen LogP contribution in [-0.4, -0.2) is 4.92 Å². The molecule has 7 heteroatoms. The lowest BCUT2D eigenvalue weighted by molar-refractivity contribution is -0.385. The summed E-state index contributed by atoms with van der Waals surface area (Å²) in [7, 11) is 0. The zero-order chi connectivity index (χ0) is 15.6. The summed E-state index contributed by atoms with van der Waals surface area (Å²) in [5.74, 6) is -0.703. The molecule has 0 unspecified atom stereocenters. The zero-order valence-electron chi connectivity index (χ0n) is 11.1. The summed E-state index contributed by atoms with van der Waals surface area (Å²) in [6, 6.07) is 7.30. The number of nitrogens with zero attached hydrogens (tertiary/aromatic N) is 1. The van der Waals surface area contributed by atoms with Crippen LogP contribution in [0.1, 0.15) is 11.1 Å². The number of benzene rings is 2. The summed E-state index contributed by atoms with van der Waals surface area (Å²) in [5, 5.41) is 11.1. The third-order valence-corrected chi connectivity index (χ3v) is 3.35. The van der Waals surface area contributed by atoms with Gasteiger partial charge in [-0.15, -0.1) is 0 Å². The Morgan fingerprint density at radius 2 is 2.10 bits per heavy atom. The first-order valence-corrected chi connectivity index (χ1v) is 6.83. The molecule has 0 fully saturated rings. The van der Waals surface area contributed by atoms with Crippen molar-refractivity contribution in [2.45, 2.75) is 13.5 Å². The van der Waals surface area contributed by atoms with Crippen molar-refractivity contribution in [1.82, 2.24) is 0 Å². The second-order valence-corrected chi connectivity index (χ2v) is 5.28. The quantitative estimate of drug-likeness (QED) is 0.663. The fourth-order valence-electron chi connectivity index (χ4n) is 1.91. The number of nitro groups is 1. The number of hydrogen-bond acceptors (Lipinski definition) is 4. The number of hydrogen-bond donors (Lipinski definition) is 1. The Kier molecular flexibility index (Phi) is 4.54. The number of para-hydroxylation sites is 1. The number of nitrogens with two attached hydrogens (primary N) is 1. The fourth-order valence-corrected chi connectivity index (χ4v) is 2.47. The molecule has 0 saturated carbocycles. The maximum Gasteiger partial charge on any atom is 0.312 e. The predicted octanol–water partition coefficient (Wildman–Crippen LogP) is 4.06. The molecule has 0 amide bonds. The standard InChI is InChI=1S/C14H12BrFN2O3/c1-8-5-10(15)6-12(18(19)20)13(8)21-14-9(7-17)3-2-4-11(14)16/h2-6H,7,17H2,1H3. The van der Waals surface area contributed by atoms with Gasteiger partial charge in [-0.1, -0.05) is 28.1 Å². The van der Waals surface area contributed by atoms with Crippen LogP contribution in [0.5, 0.6) is 11.5 Å². The van der Waals surface area contributed by atoms with Gasteiger partial charge in [-0.25, -0.2) is 4.39 Å². The highest BCUT2D eigenvalue weighted by Crippen LogP contribution is 2.38. The van der Waals surface area contributed by atoms with E-state index in [4.69, 9.17) is 10.5 Å². The molecule has 0 bridgehead atoms. The van der Waals surface area contributed by atoms with E-state index >= 15 is 0 Å². The molecular formula is C14H12BrFN2O3. The first-order chi connectivity index (χ1) is 9.93. The van der Waals surface area contributed by atoms with Crippen molar-refractivity contribution in [3.63, 3.8) is 0 Å². The van der Waals surface area contributed by atoms with Crippen LogP contribution >= 0.6 is 15.9 Å². The molecule has 2 aromatic carbocycles. The highest BCUT2D eigenvalue weighted by atomic mass is 79.9. The van der Waals surface area contributed by atoms with E-state index in [1.165, 1.54) is 18.2 Å². The van der Waals surface area contributed by atoms with Crippen LogP contribution in [0.3, 0.4) is 0 Å². The Hall–Kier alpha value is -1.99. The van der Waals surface area contributed by atoms with Gasteiger partial charge in [-0.3, -0.25) is 10.1 Å². The molecule has 2 rings (SSSR count). The molecule has 0 aromatic heterocycles. The molecule has 0 aliphatic heterocycles. The summed E-state index contributed by atoms with van der Waals surface area (Å²) in [5.41, 5.74) is 6.26. The van der Waals surface area contributed by atoms with Gasteiger partial charge in [0, 0.05) is 22.6 Å². The van der Waals surface area contributed by atoms with Crippen LogP contribution < -0.4 is 10.5 Å². The van der Waals surface area contributed by atoms with Gasteiger partial charge in [0.2, 0.25) is 5.75 Å². The number of rotatable bonds is 4. The van der Waals surface area contributed by atoms with Gasteiger partial charge < -0.3 is 10.5 Å². The SMILES string of the molecule is Cc1cc(Br)cc([N+](=O)[O-])c1Oc1c(F)cccc1CN. The van der Waals surface area contributed by atoms with Crippen LogP contribution in [0.2, 0.25) is 0 Å². The fraction of sp³-hybridized carbons (Fsp3) is 0.143. The smallest absolute Gasteiger partial charge is 0.312 e. The van der Waals surface area contributed by atoms with Crippen molar-refractivity contribution >= 4 is 21.6 Å². The second-order valence-electron chi connectivity index (χ2n) is 4.36. The van der Waals surface area contributed by atoms with E-state index in [1.807, 2.05) is 0 Å². The largest absolute Gasteiger partial charge is 0.446 e. The minimum Gasteiger partial charge on any atom is -0.446 e. The van der Waals surface area contributed by atoms with Gasteiger partial charge >= 0.3 is 5.69 Å². The number of aryl methyl sites for hydroxylation is 1. The first kappa shape index (κ1) is 15.4. The molecule has 0 spiro atoms. The van der Waals surface area contributed by atoms with E-state index in [0.717, 1.165) is 0 Å². The van der Waals surface area contributed by atoms with E-state index < -0.39 is 10.7 Å². The number of halogens is 2. The van der Waals surface area contributed by atoms with Crippen molar-refractivity contribution < 1.29 is 14.1 Å². The van der Waals surface area contributed by atoms with E-state index in [2.05, 4.69) is 15.9 Å². The molecular weight excluding hydrogens is 343 g/mol. The molecule has 0 aliphatic rings. The van der Waals surface area contributed by atoms with E-state index in [-0.39, 0.29) is 23.7 Å². The van der Waals surface area contributed by atoms with Gasteiger partial charge in [0.05, 0.1) is 4.92 Å². The molecule has 2 N–H and O–H groups in total. The van der Waals surface area contributed by atoms with Crippen LogP contribution in [0, 0.1) is 22.9 Å². The van der Waals surface area contributed by atoms with Crippen molar-refractivity contribution in [2.24, 2.45) is 5.73 Å². The van der Waals surface area contributed by atoms with E-state index in [1.54, 1.807) is 19.1 Å². The molecule has 5 nitrogen and oxygen atoms in total. The van der Waals surface area contributed by atoms with E-state index in [0.29, 0.717) is 15.6 Å². The minimum atomic E-state index is -0.616. The Labute approximate surface area is 128 Å². The third kappa shape index (κ3) is 3.20. The average Bonchev–Trinajstić information content (AvgIpc) is 2.42. The summed E-state index contributed by atoms with van der Waals surface area (Å²) in [4.78, 5) is 10.6. The average molecular weight is 355 g/mol. The van der Waals surface area contributed by atoms with E-state index in [9.17, 15) is 14.5 Å². The maximum atomic E-state index is 13.9. The Morgan fingerprint density at radius 1 is 1.38 bits per heavy atom.